The molecule has 0 aromatic heterocycles. The molecule has 0 unspecified atom stereocenters. The van der Waals surface area contributed by atoms with Crippen molar-refractivity contribution in [2.45, 2.75) is 63.8 Å². The van der Waals surface area contributed by atoms with Crippen LogP contribution in [0, 0.1) is 0 Å². The Balaban J connectivity index is 1.89. The molecule has 9 heteroatoms. The zero-order valence-electron chi connectivity index (χ0n) is 21.2. The standard InChI is InChI=1S/C22H31N3O6/c1-14(25(5)20(28)31-21(2,3)4)18(26)24-17-19(27)23-15-8-6-7-9-16(15)30-22(17)10-12-29-13-11-22/h6-9,14,17H,10-13H2,1-5H3,(H,23,27)(H,24,26)/t14-,17-/m0/s1/i5D3. The number of nitrogens with one attached hydrogen (secondary N) is 2. The van der Waals surface area contributed by atoms with Gasteiger partial charge in [-0.2, -0.15) is 0 Å². The van der Waals surface area contributed by atoms with Crippen LogP contribution in [0.2, 0.25) is 0 Å². The molecule has 2 heterocycles. The van der Waals surface area contributed by atoms with Gasteiger partial charge in [0.25, 0.3) is 5.91 Å². The van der Waals surface area contributed by atoms with Crippen LogP contribution in [0.5, 0.6) is 5.75 Å². The fourth-order valence-electron chi connectivity index (χ4n) is 3.53. The number of rotatable bonds is 3. The van der Waals surface area contributed by atoms with Gasteiger partial charge in [-0.05, 0) is 39.8 Å². The fraction of sp³-hybridized carbons (Fsp3) is 0.591. The maximum Gasteiger partial charge on any atom is 0.410 e. The number of amides is 3. The predicted octanol–water partition coefficient (Wildman–Crippen LogP) is 2.31. The molecule has 0 bridgehead atoms. The summed E-state index contributed by atoms with van der Waals surface area (Å²) in [5.41, 5.74) is -1.62. The monoisotopic (exact) mass is 436 g/mol. The Kier molecular flexibility index (Phi) is 5.33. The zero-order chi connectivity index (χ0) is 25.3. The van der Waals surface area contributed by atoms with E-state index in [1.54, 1.807) is 45.0 Å². The molecule has 0 saturated carbocycles. The zero-order valence-corrected chi connectivity index (χ0v) is 18.2. The second kappa shape index (κ2) is 8.74. The number of carbonyl (C=O) groups is 3. The van der Waals surface area contributed by atoms with Gasteiger partial charge in [0.2, 0.25) is 5.91 Å². The second-order valence-corrected chi connectivity index (χ2v) is 8.73. The van der Waals surface area contributed by atoms with Crippen molar-refractivity contribution in [3.05, 3.63) is 24.3 Å². The summed E-state index contributed by atoms with van der Waals surface area (Å²) in [5, 5.41) is 5.41. The molecule has 3 rings (SSSR count). The third-order valence-corrected chi connectivity index (χ3v) is 5.23. The van der Waals surface area contributed by atoms with Crippen LogP contribution in [0.15, 0.2) is 24.3 Å². The molecule has 3 amide bonds. The molecule has 1 aromatic carbocycles. The molecular weight excluding hydrogens is 402 g/mol. The molecule has 31 heavy (non-hydrogen) atoms. The van der Waals surface area contributed by atoms with Gasteiger partial charge in [0.1, 0.15) is 29.0 Å². The molecule has 2 aliphatic rings. The first-order chi connectivity index (χ1) is 15.7. The Labute approximate surface area is 186 Å². The number of para-hydroxylation sites is 2. The molecule has 2 aliphatic heterocycles. The maximum absolute atomic E-state index is 13.2. The first-order valence-electron chi connectivity index (χ1n) is 11.7. The van der Waals surface area contributed by atoms with E-state index in [1.807, 2.05) is 0 Å². The summed E-state index contributed by atoms with van der Waals surface area (Å²) in [5.74, 6) is -0.881. The van der Waals surface area contributed by atoms with Crippen molar-refractivity contribution in [2.75, 3.05) is 25.5 Å². The Hall–Kier alpha value is -2.81. The van der Waals surface area contributed by atoms with Crippen LogP contribution >= 0.6 is 0 Å². The molecule has 2 atom stereocenters. The average Bonchev–Trinajstić information content (AvgIpc) is 2.81. The minimum Gasteiger partial charge on any atom is -0.482 e. The first kappa shape index (κ1) is 18.9. The highest BCUT2D eigenvalue weighted by Gasteiger charge is 2.50. The molecular formula is C22H31N3O6. The maximum atomic E-state index is 13.2. The van der Waals surface area contributed by atoms with Crippen LogP contribution in [0.3, 0.4) is 0 Å². The lowest BCUT2D eigenvalue weighted by atomic mass is 9.85. The quantitative estimate of drug-likeness (QED) is 0.753. The first-order valence-corrected chi connectivity index (χ1v) is 10.2. The Morgan fingerprint density at radius 1 is 1.32 bits per heavy atom. The molecule has 1 spiro atoms. The minimum absolute atomic E-state index is 0.316. The molecule has 1 aromatic rings. The summed E-state index contributed by atoms with van der Waals surface area (Å²) < 4.78 is 40.3. The van der Waals surface area contributed by atoms with Crippen molar-refractivity contribution in [1.29, 1.82) is 0 Å². The number of anilines is 1. The van der Waals surface area contributed by atoms with Crippen molar-refractivity contribution in [1.82, 2.24) is 10.2 Å². The fourth-order valence-corrected chi connectivity index (χ4v) is 3.53. The van der Waals surface area contributed by atoms with E-state index in [-0.39, 0.29) is 0 Å². The number of hydrogen-bond acceptors (Lipinski definition) is 6. The largest absolute Gasteiger partial charge is 0.482 e. The van der Waals surface area contributed by atoms with Gasteiger partial charge >= 0.3 is 6.09 Å². The summed E-state index contributed by atoms with van der Waals surface area (Å²) in [6, 6.07) is 4.31. The average molecular weight is 437 g/mol. The van der Waals surface area contributed by atoms with Gasteiger partial charge in [0.15, 0.2) is 0 Å². The van der Waals surface area contributed by atoms with Crippen LogP contribution in [-0.4, -0.2) is 66.3 Å². The third kappa shape index (κ3) is 5.10. The van der Waals surface area contributed by atoms with Crippen LogP contribution in [0.4, 0.5) is 10.5 Å². The topological polar surface area (TPSA) is 106 Å². The van der Waals surface area contributed by atoms with Gasteiger partial charge in [-0.15, -0.1) is 0 Å². The van der Waals surface area contributed by atoms with E-state index in [9.17, 15) is 14.4 Å². The number of ether oxygens (including phenoxy) is 3. The molecule has 170 valence electrons. The number of hydrogen-bond donors (Lipinski definition) is 2. The second-order valence-electron chi connectivity index (χ2n) is 8.73. The molecule has 0 aliphatic carbocycles. The van der Waals surface area contributed by atoms with E-state index < -0.39 is 48.2 Å². The van der Waals surface area contributed by atoms with Crippen molar-refractivity contribution in [3.8, 4) is 5.75 Å². The van der Waals surface area contributed by atoms with Crippen molar-refractivity contribution < 1.29 is 32.7 Å². The van der Waals surface area contributed by atoms with E-state index in [4.69, 9.17) is 18.3 Å². The van der Waals surface area contributed by atoms with E-state index in [0.717, 1.165) is 0 Å². The van der Waals surface area contributed by atoms with E-state index in [2.05, 4.69) is 10.6 Å². The minimum atomic E-state index is -2.95. The van der Waals surface area contributed by atoms with Crippen LogP contribution in [-0.2, 0) is 19.1 Å². The summed E-state index contributed by atoms with van der Waals surface area (Å²) in [6.07, 6.45) is -0.517. The number of carbonyl (C=O) groups excluding carboxylic acids is 3. The highest BCUT2D eigenvalue weighted by molar-refractivity contribution is 6.00. The van der Waals surface area contributed by atoms with Gasteiger partial charge in [0, 0.05) is 23.9 Å². The van der Waals surface area contributed by atoms with Gasteiger partial charge in [-0.25, -0.2) is 4.79 Å². The highest BCUT2D eigenvalue weighted by atomic mass is 16.6. The van der Waals surface area contributed by atoms with Gasteiger partial charge in [-0.3, -0.25) is 14.5 Å². The third-order valence-electron chi connectivity index (χ3n) is 5.23. The van der Waals surface area contributed by atoms with Gasteiger partial charge < -0.3 is 24.8 Å². The summed E-state index contributed by atoms with van der Waals surface area (Å²) in [7, 11) is 0. The lowest BCUT2D eigenvalue weighted by Crippen LogP contribution is -2.64. The van der Waals surface area contributed by atoms with E-state index in [1.165, 1.54) is 6.92 Å². The SMILES string of the molecule is [2H]C([2H])([2H])N(C(=O)OC(C)(C)C)[C@@H](C)C(=O)N[C@H]1C(=O)Nc2ccccc2OC12CCOCC2. The normalized spacial score (nSPS) is 22.9. The number of fused-ring (bicyclic) bond motifs is 1. The number of benzene rings is 1. The van der Waals surface area contributed by atoms with E-state index >= 15 is 0 Å². The molecule has 1 fully saturated rings. The Morgan fingerprint density at radius 3 is 2.65 bits per heavy atom. The highest BCUT2D eigenvalue weighted by Crippen LogP contribution is 2.38. The van der Waals surface area contributed by atoms with Crippen molar-refractivity contribution in [3.63, 3.8) is 0 Å². The smallest absolute Gasteiger partial charge is 0.410 e. The molecule has 1 saturated heterocycles. The van der Waals surface area contributed by atoms with Crippen LogP contribution in [0.25, 0.3) is 0 Å². The molecule has 9 nitrogen and oxygen atoms in total. The summed E-state index contributed by atoms with van der Waals surface area (Å²) in [4.78, 5) is 39.5. The van der Waals surface area contributed by atoms with E-state index in [0.29, 0.717) is 42.4 Å². The summed E-state index contributed by atoms with van der Waals surface area (Å²) >= 11 is 0. The molecule has 0 radical (unpaired) electrons. The predicted molar refractivity (Wildman–Crippen MR) is 114 cm³/mol. The van der Waals surface area contributed by atoms with Crippen molar-refractivity contribution >= 4 is 23.6 Å². The molecule has 2 N–H and O–H groups in total. The lowest BCUT2D eigenvalue weighted by molar-refractivity contribution is -0.138. The number of nitrogens with zero attached hydrogens (tertiary/aromatic N) is 1. The number of likely N-dealkylation sites (N-methyl/N-ethyl adjacent to an activating group) is 1. The Bertz CT molecular complexity index is 941. The van der Waals surface area contributed by atoms with Crippen LogP contribution < -0.4 is 15.4 Å². The van der Waals surface area contributed by atoms with Crippen molar-refractivity contribution in [2.24, 2.45) is 0 Å². The lowest BCUT2D eigenvalue weighted by Gasteiger charge is -2.41. The summed E-state index contributed by atoms with van der Waals surface area (Å²) in [6.45, 7) is 3.72. The van der Waals surface area contributed by atoms with Crippen LogP contribution in [0.1, 0.15) is 44.6 Å². The van der Waals surface area contributed by atoms with Gasteiger partial charge in [-0.1, -0.05) is 12.1 Å². The Morgan fingerprint density at radius 2 is 2.00 bits per heavy atom. The van der Waals surface area contributed by atoms with Gasteiger partial charge in [0.05, 0.1) is 18.9 Å².